The van der Waals surface area contributed by atoms with Crippen LogP contribution < -0.4 is 9.47 Å². The number of amides is 1. The largest absolute Gasteiger partial charge is 0.493 e. The Balaban J connectivity index is 1.79. The molecule has 0 bridgehead atoms. The molecule has 0 aromatic heterocycles. The van der Waals surface area contributed by atoms with Crippen molar-refractivity contribution < 1.29 is 22.7 Å². The van der Waals surface area contributed by atoms with Gasteiger partial charge in [-0.25, -0.2) is 8.42 Å². The molecule has 0 saturated carbocycles. The predicted octanol–water partition coefficient (Wildman–Crippen LogP) is 1.63. The molecule has 0 N–H and O–H groups in total. The van der Waals surface area contributed by atoms with Gasteiger partial charge in [-0.2, -0.15) is 0 Å². The molecule has 0 aliphatic carbocycles. The molecule has 1 unspecified atom stereocenters. The van der Waals surface area contributed by atoms with Crippen LogP contribution in [0.15, 0.2) is 24.3 Å². The van der Waals surface area contributed by atoms with Crippen LogP contribution in [0.5, 0.6) is 11.5 Å². The first kappa shape index (κ1) is 16.9. The highest BCUT2D eigenvalue weighted by molar-refractivity contribution is 8.14. The molecule has 1 fully saturated rings. The summed E-state index contributed by atoms with van der Waals surface area (Å²) in [7, 11) is 3.18. The number of likely N-dealkylation sites (tertiary alicyclic amines) is 1. The van der Waals surface area contributed by atoms with Crippen LogP contribution in [0.3, 0.4) is 0 Å². The fourth-order valence-corrected chi connectivity index (χ4v) is 3.37. The lowest BCUT2D eigenvalue weighted by molar-refractivity contribution is -0.127. The van der Waals surface area contributed by atoms with E-state index in [-0.39, 0.29) is 18.9 Å². The Kier molecular flexibility index (Phi) is 5.52. The molecule has 2 rings (SSSR count). The zero-order valence-electron chi connectivity index (χ0n) is 12.2. The van der Waals surface area contributed by atoms with Crippen molar-refractivity contribution in [1.29, 1.82) is 0 Å². The van der Waals surface area contributed by atoms with Crippen molar-refractivity contribution in [3.63, 3.8) is 0 Å². The van der Waals surface area contributed by atoms with Crippen molar-refractivity contribution >= 4 is 25.6 Å². The summed E-state index contributed by atoms with van der Waals surface area (Å²) < 4.78 is 33.3. The lowest BCUT2D eigenvalue weighted by Crippen LogP contribution is -2.29. The monoisotopic (exact) mass is 347 g/mol. The second kappa shape index (κ2) is 7.19. The van der Waals surface area contributed by atoms with Gasteiger partial charge < -0.3 is 14.4 Å². The molecule has 1 aromatic carbocycles. The van der Waals surface area contributed by atoms with Crippen molar-refractivity contribution in [1.82, 2.24) is 4.90 Å². The maximum atomic E-state index is 11.7. The van der Waals surface area contributed by atoms with Gasteiger partial charge in [-0.3, -0.25) is 4.79 Å². The summed E-state index contributed by atoms with van der Waals surface area (Å²) in [5, 5.41) is -0.809. The number of rotatable bonds is 7. The quantitative estimate of drug-likeness (QED) is 0.553. The second-order valence-electron chi connectivity index (χ2n) is 4.99. The third-order valence-corrected chi connectivity index (χ3v) is 5.34. The minimum atomic E-state index is -3.69. The van der Waals surface area contributed by atoms with Gasteiger partial charge in [0.05, 0.1) is 13.7 Å². The number of para-hydroxylation sites is 2. The van der Waals surface area contributed by atoms with Gasteiger partial charge in [-0.05, 0) is 18.6 Å². The summed E-state index contributed by atoms with van der Waals surface area (Å²) in [5.74, 6) is 1.10. The molecule has 1 aliphatic heterocycles. The first-order chi connectivity index (χ1) is 10.4. The smallest absolute Gasteiger partial charge is 0.237 e. The third-order valence-electron chi connectivity index (χ3n) is 3.48. The van der Waals surface area contributed by atoms with E-state index in [0.717, 1.165) is 0 Å². The van der Waals surface area contributed by atoms with Gasteiger partial charge in [-0.1, -0.05) is 12.1 Å². The van der Waals surface area contributed by atoms with E-state index in [1.165, 1.54) is 4.90 Å². The van der Waals surface area contributed by atoms with E-state index in [1.807, 2.05) is 12.1 Å². The Morgan fingerprint density at radius 3 is 2.59 bits per heavy atom. The van der Waals surface area contributed by atoms with Crippen LogP contribution in [0.4, 0.5) is 0 Å². The van der Waals surface area contributed by atoms with Crippen molar-refractivity contribution in [2.75, 3.05) is 26.8 Å². The van der Waals surface area contributed by atoms with E-state index >= 15 is 0 Å². The Labute approximate surface area is 134 Å². The normalized spacial score (nSPS) is 18.5. The van der Waals surface area contributed by atoms with Gasteiger partial charge in [0.25, 0.3) is 0 Å². The molecule has 1 amide bonds. The van der Waals surface area contributed by atoms with Crippen LogP contribution in [-0.2, 0) is 13.8 Å². The van der Waals surface area contributed by atoms with Crippen LogP contribution in [-0.4, -0.2) is 51.3 Å². The van der Waals surface area contributed by atoms with Gasteiger partial charge in [0.2, 0.25) is 15.0 Å². The molecule has 8 heteroatoms. The van der Waals surface area contributed by atoms with Gasteiger partial charge in [0, 0.05) is 30.2 Å². The number of carbonyl (C=O) groups is 1. The molecule has 6 nitrogen and oxygen atoms in total. The standard InChI is InChI=1S/C14H18ClNO5S/c1-20-12-5-2-3-6-13(12)21-8-4-7-16-10-11(9-14(16)17)22(15,18)19/h2-3,5-6,11H,4,7-10H2,1H3. The number of halogens is 1. The minimum Gasteiger partial charge on any atom is -0.493 e. The Morgan fingerprint density at radius 2 is 2.00 bits per heavy atom. The zero-order valence-corrected chi connectivity index (χ0v) is 13.8. The summed E-state index contributed by atoms with van der Waals surface area (Å²) >= 11 is 0. The van der Waals surface area contributed by atoms with Crippen LogP contribution in [0.1, 0.15) is 12.8 Å². The first-order valence-electron chi connectivity index (χ1n) is 6.89. The van der Waals surface area contributed by atoms with Gasteiger partial charge in [0.1, 0.15) is 5.25 Å². The first-order valence-corrected chi connectivity index (χ1v) is 9.26. The highest BCUT2D eigenvalue weighted by Crippen LogP contribution is 2.26. The number of hydrogen-bond donors (Lipinski definition) is 0. The highest BCUT2D eigenvalue weighted by atomic mass is 35.7. The number of hydrogen-bond acceptors (Lipinski definition) is 5. The van der Waals surface area contributed by atoms with Crippen molar-refractivity contribution in [2.24, 2.45) is 0 Å². The Morgan fingerprint density at radius 1 is 1.32 bits per heavy atom. The fourth-order valence-electron chi connectivity index (χ4n) is 2.32. The number of carbonyl (C=O) groups excluding carboxylic acids is 1. The summed E-state index contributed by atoms with van der Waals surface area (Å²) in [5.41, 5.74) is 0. The zero-order chi connectivity index (χ0) is 16.2. The maximum Gasteiger partial charge on any atom is 0.237 e. The van der Waals surface area contributed by atoms with E-state index in [2.05, 4.69) is 0 Å². The summed E-state index contributed by atoms with van der Waals surface area (Å²) in [4.78, 5) is 13.2. The molecular formula is C14H18ClNO5S. The third kappa shape index (κ3) is 4.27. The molecule has 1 saturated heterocycles. The molecule has 122 valence electrons. The molecule has 0 spiro atoms. The number of benzene rings is 1. The SMILES string of the molecule is COc1ccccc1OCCCN1CC(S(=O)(=O)Cl)CC1=O. The predicted molar refractivity (Wildman–Crippen MR) is 82.9 cm³/mol. The Bertz CT molecular complexity index is 634. The van der Waals surface area contributed by atoms with Gasteiger partial charge >= 0.3 is 0 Å². The summed E-state index contributed by atoms with van der Waals surface area (Å²) in [6.45, 7) is 0.999. The summed E-state index contributed by atoms with van der Waals surface area (Å²) in [6, 6.07) is 7.30. The van der Waals surface area contributed by atoms with Gasteiger partial charge in [-0.15, -0.1) is 0 Å². The molecule has 22 heavy (non-hydrogen) atoms. The molecule has 1 aromatic rings. The van der Waals surface area contributed by atoms with E-state index < -0.39 is 14.3 Å². The Hall–Kier alpha value is -1.47. The van der Waals surface area contributed by atoms with E-state index in [1.54, 1.807) is 19.2 Å². The second-order valence-corrected chi connectivity index (χ2v) is 7.90. The van der Waals surface area contributed by atoms with Crippen molar-refractivity contribution in [2.45, 2.75) is 18.1 Å². The average molecular weight is 348 g/mol. The van der Waals surface area contributed by atoms with Crippen LogP contribution in [0, 0.1) is 0 Å². The maximum absolute atomic E-state index is 11.7. The highest BCUT2D eigenvalue weighted by Gasteiger charge is 2.36. The van der Waals surface area contributed by atoms with E-state index in [4.69, 9.17) is 20.2 Å². The minimum absolute atomic E-state index is 0.0425. The number of methoxy groups -OCH3 is 1. The van der Waals surface area contributed by atoms with Crippen molar-refractivity contribution in [3.05, 3.63) is 24.3 Å². The van der Waals surface area contributed by atoms with Crippen LogP contribution in [0.2, 0.25) is 0 Å². The van der Waals surface area contributed by atoms with Gasteiger partial charge in [0.15, 0.2) is 11.5 Å². The van der Waals surface area contributed by atoms with E-state index in [9.17, 15) is 13.2 Å². The number of nitrogens with zero attached hydrogens (tertiary/aromatic N) is 1. The van der Waals surface area contributed by atoms with Crippen molar-refractivity contribution in [3.8, 4) is 11.5 Å². The lowest BCUT2D eigenvalue weighted by atomic mass is 10.3. The van der Waals surface area contributed by atoms with Crippen LogP contribution in [0.25, 0.3) is 0 Å². The molecule has 1 atom stereocenters. The summed E-state index contributed by atoms with van der Waals surface area (Å²) in [6.07, 6.45) is 0.554. The topological polar surface area (TPSA) is 72.9 Å². The molecule has 0 radical (unpaired) electrons. The average Bonchev–Trinajstić information content (AvgIpc) is 2.85. The van der Waals surface area contributed by atoms with Crippen LogP contribution >= 0.6 is 10.7 Å². The number of ether oxygens (including phenoxy) is 2. The lowest BCUT2D eigenvalue weighted by Gasteiger charge is -2.16. The van der Waals surface area contributed by atoms with E-state index in [0.29, 0.717) is 31.1 Å². The molecule has 1 aliphatic rings. The molecule has 1 heterocycles. The fraction of sp³-hybridized carbons (Fsp3) is 0.500. The molecular weight excluding hydrogens is 330 g/mol.